The van der Waals surface area contributed by atoms with Gasteiger partial charge in [0.2, 0.25) is 0 Å². The molecule has 0 saturated carbocycles. The van der Waals surface area contributed by atoms with Crippen molar-refractivity contribution in [2.24, 2.45) is 0 Å². The topological polar surface area (TPSA) is 46.5 Å². The van der Waals surface area contributed by atoms with Crippen LogP contribution in [-0.2, 0) is 6.61 Å². The van der Waals surface area contributed by atoms with Gasteiger partial charge in [-0.05, 0) is 23.8 Å². The van der Waals surface area contributed by atoms with Crippen LogP contribution in [0.1, 0.15) is 15.9 Å². The molecule has 0 heterocycles. The molecule has 3 aromatic rings. The third kappa shape index (κ3) is 3.43. The Morgan fingerprint density at radius 1 is 0.917 bits per heavy atom. The van der Waals surface area contributed by atoms with Crippen LogP contribution in [0.3, 0.4) is 0 Å². The molecule has 0 aliphatic rings. The van der Waals surface area contributed by atoms with Gasteiger partial charge in [-0.2, -0.15) is 0 Å². The van der Waals surface area contributed by atoms with Crippen LogP contribution in [0.25, 0.3) is 11.1 Å². The normalized spacial score (nSPS) is 10.4. The fraction of sp³-hybridized carbons (Fsp3) is 0.0500. The van der Waals surface area contributed by atoms with Gasteiger partial charge in [-0.1, -0.05) is 54.6 Å². The zero-order chi connectivity index (χ0) is 16.9. The Morgan fingerprint density at radius 3 is 2.38 bits per heavy atom. The van der Waals surface area contributed by atoms with Crippen LogP contribution >= 0.6 is 0 Å². The van der Waals surface area contributed by atoms with Gasteiger partial charge in [-0.25, -0.2) is 9.18 Å². The van der Waals surface area contributed by atoms with E-state index in [0.717, 1.165) is 11.6 Å². The van der Waals surface area contributed by atoms with Crippen molar-refractivity contribution in [1.29, 1.82) is 0 Å². The Balaban J connectivity index is 1.97. The van der Waals surface area contributed by atoms with E-state index in [-0.39, 0.29) is 5.56 Å². The van der Waals surface area contributed by atoms with Crippen LogP contribution in [0.4, 0.5) is 4.39 Å². The van der Waals surface area contributed by atoms with Gasteiger partial charge >= 0.3 is 5.97 Å². The highest BCUT2D eigenvalue weighted by atomic mass is 19.1. The van der Waals surface area contributed by atoms with Crippen molar-refractivity contribution < 1.29 is 19.0 Å². The van der Waals surface area contributed by atoms with Crippen molar-refractivity contribution in [2.45, 2.75) is 6.61 Å². The number of carbonyl (C=O) groups is 1. The van der Waals surface area contributed by atoms with Gasteiger partial charge in [0.25, 0.3) is 0 Å². The summed E-state index contributed by atoms with van der Waals surface area (Å²) in [6, 6.07) is 20.5. The average Bonchev–Trinajstić information content (AvgIpc) is 2.61. The number of benzene rings is 3. The van der Waals surface area contributed by atoms with E-state index in [2.05, 4.69) is 0 Å². The molecule has 0 amide bonds. The molecule has 0 atom stereocenters. The molecule has 0 aliphatic heterocycles. The van der Waals surface area contributed by atoms with Crippen molar-refractivity contribution >= 4 is 5.97 Å². The minimum Gasteiger partial charge on any atom is -0.488 e. The molecule has 3 rings (SSSR count). The lowest BCUT2D eigenvalue weighted by Crippen LogP contribution is -2.02. The van der Waals surface area contributed by atoms with Gasteiger partial charge < -0.3 is 9.84 Å². The van der Waals surface area contributed by atoms with Crippen LogP contribution in [0, 0.1) is 5.82 Å². The molecule has 0 fully saturated rings. The number of ether oxygens (including phenoxy) is 1. The summed E-state index contributed by atoms with van der Waals surface area (Å²) < 4.78 is 19.3. The molecule has 0 radical (unpaired) electrons. The van der Waals surface area contributed by atoms with Crippen LogP contribution < -0.4 is 4.74 Å². The lowest BCUT2D eigenvalue weighted by atomic mass is 9.98. The molecule has 0 aliphatic carbocycles. The highest BCUT2D eigenvalue weighted by molar-refractivity contribution is 5.97. The first-order valence-corrected chi connectivity index (χ1v) is 7.44. The second kappa shape index (κ2) is 6.96. The minimum atomic E-state index is -1.18. The second-order valence-electron chi connectivity index (χ2n) is 5.27. The Labute approximate surface area is 139 Å². The highest BCUT2D eigenvalue weighted by Gasteiger charge is 2.16. The molecular weight excluding hydrogens is 307 g/mol. The smallest absolute Gasteiger partial charge is 0.336 e. The van der Waals surface area contributed by atoms with E-state index < -0.39 is 11.8 Å². The maximum Gasteiger partial charge on any atom is 0.336 e. The van der Waals surface area contributed by atoms with Gasteiger partial charge in [0.15, 0.2) is 0 Å². The SMILES string of the molecule is O=C(O)c1cc(F)ccc1-c1ccccc1OCc1ccccc1. The lowest BCUT2D eigenvalue weighted by Gasteiger charge is -2.13. The molecule has 4 heteroatoms. The van der Waals surface area contributed by atoms with Crippen molar-refractivity contribution in [3.05, 3.63) is 89.7 Å². The molecule has 3 nitrogen and oxygen atoms in total. The average molecular weight is 322 g/mol. The van der Waals surface area contributed by atoms with Crippen LogP contribution in [0.2, 0.25) is 0 Å². The predicted molar refractivity (Wildman–Crippen MR) is 89.6 cm³/mol. The Morgan fingerprint density at radius 2 is 1.62 bits per heavy atom. The second-order valence-corrected chi connectivity index (χ2v) is 5.27. The van der Waals surface area contributed by atoms with Crippen LogP contribution in [-0.4, -0.2) is 11.1 Å². The molecule has 3 aromatic carbocycles. The summed E-state index contributed by atoms with van der Waals surface area (Å²) in [7, 11) is 0. The summed E-state index contributed by atoms with van der Waals surface area (Å²) >= 11 is 0. The molecule has 0 bridgehead atoms. The van der Waals surface area contributed by atoms with Crippen LogP contribution in [0.5, 0.6) is 5.75 Å². The minimum absolute atomic E-state index is 0.0919. The first kappa shape index (κ1) is 15.7. The van der Waals surface area contributed by atoms with E-state index in [1.54, 1.807) is 18.2 Å². The Kier molecular flexibility index (Phi) is 4.57. The van der Waals surface area contributed by atoms with Crippen molar-refractivity contribution in [3.63, 3.8) is 0 Å². The molecular formula is C20H15FO3. The molecule has 0 unspecified atom stereocenters. The molecule has 120 valence electrons. The van der Waals surface area contributed by atoms with Gasteiger partial charge in [-0.3, -0.25) is 0 Å². The molecule has 1 N–H and O–H groups in total. The monoisotopic (exact) mass is 322 g/mol. The summed E-state index contributed by atoms with van der Waals surface area (Å²) in [6.07, 6.45) is 0. The first-order valence-electron chi connectivity index (χ1n) is 7.44. The number of rotatable bonds is 5. The lowest BCUT2D eigenvalue weighted by molar-refractivity contribution is 0.0697. The van der Waals surface area contributed by atoms with Crippen LogP contribution in [0.15, 0.2) is 72.8 Å². The Bertz CT molecular complexity index is 860. The number of para-hydroxylation sites is 1. The summed E-state index contributed by atoms with van der Waals surface area (Å²) in [5.41, 5.74) is 1.95. The molecule has 0 spiro atoms. The summed E-state index contributed by atoms with van der Waals surface area (Å²) in [6.45, 7) is 0.363. The maximum atomic E-state index is 13.4. The van der Waals surface area contributed by atoms with E-state index in [1.165, 1.54) is 12.1 Å². The van der Waals surface area contributed by atoms with Crippen molar-refractivity contribution in [3.8, 4) is 16.9 Å². The Hall–Kier alpha value is -3.14. The highest BCUT2D eigenvalue weighted by Crippen LogP contribution is 2.33. The number of carboxylic acid groups (broad SMARTS) is 1. The van der Waals surface area contributed by atoms with Gasteiger partial charge in [0, 0.05) is 11.1 Å². The van der Waals surface area contributed by atoms with Gasteiger partial charge in [0.05, 0.1) is 5.56 Å². The molecule has 0 aromatic heterocycles. The fourth-order valence-electron chi connectivity index (χ4n) is 2.48. The maximum absolute atomic E-state index is 13.4. The zero-order valence-corrected chi connectivity index (χ0v) is 12.8. The number of carboxylic acids is 1. The van der Waals surface area contributed by atoms with Gasteiger partial charge in [-0.15, -0.1) is 0 Å². The van der Waals surface area contributed by atoms with E-state index in [1.807, 2.05) is 36.4 Å². The predicted octanol–water partition coefficient (Wildman–Crippen LogP) is 4.77. The van der Waals surface area contributed by atoms with E-state index >= 15 is 0 Å². The van der Waals surface area contributed by atoms with E-state index in [0.29, 0.717) is 23.5 Å². The first-order chi connectivity index (χ1) is 11.6. The number of aromatic carboxylic acids is 1. The number of halogens is 1. The third-order valence-electron chi connectivity index (χ3n) is 3.63. The zero-order valence-electron chi connectivity index (χ0n) is 12.8. The summed E-state index contributed by atoms with van der Waals surface area (Å²) in [4.78, 5) is 11.4. The fourth-order valence-corrected chi connectivity index (χ4v) is 2.48. The van der Waals surface area contributed by atoms with E-state index in [9.17, 15) is 14.3 Å². The van der Waals surface area contributed by atoms with E-state index in [4.69, 9.17) is 4.74 Å². The summed E-state index contributed by atoms with van der Waals surface area (Å²) in [5, 5.41) is 9.34. The largest absolute Gasteiger partial charge is 0.488 e. The quantitative estimate of drug-likeness (QED) is 0.736. The van der Waals surface area contributed by atoms with Crippen molar-refractivity contribution in [2.75, 3.05) is 0 Å². The number of hydrogen-bond acceptors (Lipinski definition) is 2. The number of hydrogen-bond donors (Lipinski definition) is 1. The van der Waals surface area contributed by atoms with Crippen molar-refractivity contribution in [1.82, 2.24) is 0 Å². The molecule has 24 heavy (non-hydrogen) atoms. The van der Waals surface area contributed by atoms with Gasteiger partial charge in [0.1, 0.15) is 18.2 Å². The third-order valence-corrected chi connectivity index (χ3v) is 3.63. The molecule has 0 saturated heterocycles. The standard InChI is InChI=1S/C20H15FO3/c21-15-10-11-16(18(12-15)20(22)23)17-8-4-5-9-19(17)24-13-14-6-2-1-3-7-14/h1-12H,13H2,(H,22,23). The summed E-state index contributed by atoms with van der Waals surface area (Å²) in [5.74, 6) is -1.21.